The van der Waals surface area contributed by atoms with Crippen molar-refractivity contribution in [3.05, 3.63) is 29.8 Å². The third-order valence-electron chi connectivity index (χ3n) is 4.09. The van der Waals surface area contributed by atoms with Crippen molar-refractivity contribution < 1.29 is 23.1 Å². The minimum Gasteiger partial charge on any atom is -0.497 e. The first-order chi connectivity index (χ1) is 11.3. The molecule has 1 fully saturated rings. The first kappa shape index (κ1) is 19.1. The van der Waals surface area contributed by atoms with E-state index < -0.39 is 16.0 Å². The van der Waals surface area contributed by atoms with E-state index in [4.69, 9.17) is 9.84 Å². The van der Waals surface area contributed by atoms with Crippen LogP contribution < -0.4 is 4.74 Å². The second-order valence-corrected chi connectivity index (χ2v) is 9.16. The van der Waals surface area contributed by atoms with E-state index in [0.29, 0.717) is 19.4 Å². The molecule has 0 bridgehead atoms. The van der Waals surface area contributed by atoms with Gasteiger partial charge in [-0.25, -0.2) is 8.42 Å². The van der Waals surface area contributed by atoms with Gasteiger partial charge in [0, 0.05) is 30.0 Å². The first-order valence-corrected chi connectivity index (χ1v) is 10.6. The largest absolute Gasteiger partial charge is 0.497 e. The Balaban J connectivity index is 1.94. The van der Waals surface area contributed by atoms with Gasteiger partial charge in [0.15, 0.2) is 0 Å². The highest BCUT2D eigenvalue weighted by Gasteiger charge is 2.37. The predicted molar refractivity (Wildman–Crippen MR) is 94.9 cm³/mol. The lowest BCUT2D eigenvalue weighted by Crippen LogP contribution is -2.35. The zero-order chi connectivity index (χ0) is 17.7. The molecular formula is C16H23NO5S2. The first-order valence-electron chi connectivity index (χ1n) is 7.72. The summed E-state index contributed by atoms with van der Waals surface area (Å²) in [6, 6.07) is 7.59. The van der Waals surface area contributed by atoms with Crippen LogP contribution in [0.4, 0.5) is 0 Å². The Morgan fingerprint density at radius 1 is 1.38 bits per heavy atom. The Hall–Kier alpha value is -1.25. The average Bonchev–Trinajstić information content (AvgIpc) is 2.95. The van der Waals surface area contributed by atoms with Gasteiger partial charge in [-0.2, -0.15) is 16.1 Å². The van der Waals surface area contributed by atoms with Crippen molar-refractivity contribution in [2.45, 2.75) is 36.3 Å². The summed E-state index contributed by atoms with van der Waals surface area (Å²) in [5.74, 6) is 0.706. The smallest absolute Gasteiger partial charge is 0.303 e. The number of nitrogens with zero attached hydrogens (tertiary/aromatic N) is 1. The van der Waals surface area contributed by atoms with Crippen LogP contribution in [-0.2, 0) is 20.6 Å². The van der Waals surface area contributed by atoms with Crippen molar-refractivity contribution >= 4 is 27.8 Å². The van der Waals surface area contributed by atoms with Crippen LogP contribution in [0.25, 0.3) is 0 Å². The number of methoxy groups -OCH3 is 1. The molecule has 1 heterocycles. The average molecular weight is 373 g/mol. The van der Waals surface area contributed by atoms with E-state index >= 15 is 0 Å². The van der Waals surface area contributed by atoms with Crippen LogP contribution in [0.15, 0.2) is 24.3 Å². The molecule has 1 aromatic carbocycles. The molecular weight excluding hydrogens is 350 g/mol. The summed E-state index contributed by atoms with van der Waals surface area (Å²) in [6.45, 7) is 0.448. The molecule has 1 aliphatic heterocycles. The maximum Gasteiger partial charge on any atom is 0.303 e. The summed E-state index contributed by atoms with van der Waals surface area (Å²) in [5.41, 5.74) is 1.15. The predicted octanol–water partition coefficient (Wildman–Crippen LogP) is 2.20. The molecule has 0 aromatic heterocycles. The van der Waals surface area contributed by atoms with Gasteiger partial charge in [0.05, 0.1) is 13.4 Å². The molecule has 2 rings (SSSR count). The van der Waals surface area contributed by atoms with Gasteiger partial charge in [-0.05, 0) is 30.5 Å². The molecule has 0 saturated carbocycles. The van der Waals surface area contributed by atoms with Gasteiger partial charge in [-0.3, -0.25) is 4.79 Å². The molecule has 1 aromatic rings. The minimum absolute atomic E-state index is 0.00739. The van der Waals surface area contributed by atoms with Gasteiger partial charge < -0.3 is 9.84 Å². The summed E-state index contributed by atoms with van der Waals surface area (Å²) in [4.78, 5) is 10.8. The van der Waals surface area contributed by atoms with E-state index in [1.165, 1.54) is 10.6 Å². The molecule has 2 atom stereocenters. The molecule has 0 aliphatic carbocycles. The minimum atomic E-state index is -3.31. The zero-order valence-corrected chi connectivity index (χ0v) is 15.5. The number of sulfonamides is 1. The van der Waals surface area contributed by atoms with Gasteiger partial charge in [0.1, 0.15) is 5.75 Å². The number of carboxylic acid groups (broad SMARTS) is 1. The van der Waals surface area contributed by atoms with Gasteiger partial charge in [0.25, 0.3) is 0 Å². The molecule has 1 aliphatic rings. The van der Waals surface area contributed by atoms with Crippen molar-refractivity contribution in [2.75, 3.05) is 19.9 Å². The summed E-state index contributed by atoms with van der Waals surface area (Å²) >= 11 is 1.71. The molecule has 0 radical (unpaired) electrons. The normalized spacial score (nSPS) is 21.8. The number of rotatable bonds is 8. The van der Waals surface area contributed by atoms with E-state index in [1.54, 1.807) is 18.9 Å². The number of hydrogen-bond donors (Lipinski definition) is 1. The third-order valence-corrected chi connectivity index (χ3v) is 6.70. The molecule has 1 saturated heterocycles. The molecule has 24 heavy (non-hydrogen) atoms. The highest BCUT2D eigenvalue weighted by atomic mass is 32.2. The Morgan fingerprint density at radius 2 is 2.04 bits per heavy atom. The number of hydrogen-bond acceptors (Lipinski definition) is 5. The molecule has 6 nitrogen and oxygen atoms in total. The van der Waals surface area contributed by atoms with Crippen LogP contribution in [0, 0.1) is 0 Å². The lowest BCUT2D eigenvalue weighted by Gasteiger charge is -2.21. The van der Waals surface area contributed by atoms with Crippen molar-refractivity contribution in [3.8, 4) is 5.75 Å². The number of carbonyl (C=O) groups is 1. The highest BCUT2D eigenvalue weighted by molar-refractivity contribution is 7.99. The van der Waals surface area contributed by atoms with Gasteiger partial charge in [0.2, 0.25) is 10.0 Å². The Bertz CT molecular complexity index is 660. The van der Waals surface area contributed by atoms with Crippen molar-refractivity contribution in [3.63, 3.8) is 0 Å². The maximum atomic E-state index is 11.9. The summed E-state index contributed by atoms with van der Waals surface area (Å²) in [6.07, 6.45) is 2.24. The highest BCUT2D eigenvalue weighted by Crippen LogP contribution is 2.33. The van der Waals surface area contributed by atoms with Crippen LogP contribution in [-0.4, -0.2) is 55.0 Å². The lowest BCUT2D eigenvalue weighted by atomic mass is 10.1. The fourth-order valence-electron chi connectivity index (χ4n) is 2.86. The fourth-order valence-corrected chi connectivity index (χ4v) is 5.38. The van der Waals surface area contributed by atoms with Crippen molar-refractivity contribution in [2.24, 2.45) is 0 Å². The van der Waals surface area contributed by atoms with Crippen LogP contribution in [0.1, 0.15) is 24.8 Å². The van der Waals surface area contributed by atoms with Gasteiger partial charge in [-0.15, -0.1) is 0 Å². The van der Waals surface area contributed by atoms with Gasteiger partial charge >= 0.3 is 5.97 Å². The zero-order valence-electron chi connectivity index (χ0n) is 13.8. The second kappa shape index (κ2) is 8.22. The third kappa shape index (κ3) is 5.39. The van der Waals surface area contributed by atoms with E-state index in [-0.39, 0.29) is 17.7 Å². The number of ether oxygens (including phenoxy) is 1. The Kier molecular flexibility index (Phi) is 6.54. The number of thioether (sulfide) groups is 1. The molecule has 134 valence electrons. The van der Waals surface area contributed by atoms with Crippen LogP contribution in [0.5, 0.6) is 5.75 Å². The second-order valence-electron chi connectivity index (χ2n) is 5.94. The SMILES string of the molecule is COc1ccc(CS[C@@H]2C[C@@H](CCC(=O)O)N(S(C)(=O)=O)C2)cc1. The Morgan fingerprint density at radius 3 is 2.58 bits per heavy atom. The summed E-state index contributed by atoms with van der Waals surface area (Å²) < 4.78 is 30.5. The fraction of sp³-hybridized carbons (Fsp3) is 0.562. The number of carboxylic acids is 1. The van der Waals surface area contributed by atoms with Crippen LogP contribution >= 0.6 is 11.8 Å². The molecule has 0 amide bonds. The van der Waals surface area contributed by atoms with Gasteiger partial charge in [-0.1, -0.05) is 12.1 Å². The quantitative estimate of drug-likeness (QED) is 0.752. The standard InChI is InChI=1S/C16H23NO5S2/c1-22-14-6-3-12(4-7-14)11-23-15-9-13(5-8-16(18)19)17(10-15)24(2,20)21/h3-4,6-7,13,15H,5,8-11H2,1-2H3,(H,18,19)/t13-,15-/m1/s1. The number of benzene rings is 1. The summed E-state index contributed by atoms with van der Waals surface area (Å²) in [5, 5.41) is 9.02. The molecule has 8 heteroatoms. The van der Waals surface area contributed by atoms with Crippen molar-refractivity contribution in [1.29, 1.82) is 0 Å². The monoisotopic (exact) mass is 373 g/mol. The van der Waals surface area contributed by atoms with E-state index in [0.717, 1.165) is 17.1 Å². The van der Waals surface area contributed by atoms with Crippen LogP contribution in [0.3, 0.4) is 0 Å². The number of aliphatic carboxylic acids is 1. The van der Waals surface area contributed by atoms with Crippen LogP contribution in [0.2, 0.25) is 0 Å². The molecule has 1 N–H and O–H groups in total. The van der Waals surface area contributed by atoms with E-state index in [2.05, 4.69) is 0 Å². The van der Waals surface area contributed by atoms with Crippen molar-refractivity contribution in [1.82, 2.24) is 4.31 Å². The Labute approximate surface area is 147 Å². The summed E-state index contributed by atoms with van der Waals surface area (Å²) in [7, 11) is -1.69. The maximum absolute atomic E-state index is 11.9. The molecule has 0 spiro atoms. The lowest BCUT2D eigenvalue weighted by molar-refractivity contribution is -0.137. The molecule has 0 unspecified atom stereocenters. The van der Waals surface area contributed by atoms with E-state index in [9.17, 15) is 13.2 Å². The topological polar surface area (TPSA) is 83.9 Å². The van der Waals surface area contributed by atoms with E-state index in [1.807, 2.05) is 24.3 Å².